The van der Waals surface area contributed by atoms with E-state index in [9.17, 15) is 0 Å². The Morgan fingerprint density at radius 2 is 0.429 bits per heavy atom. The zero-order valence-corrected chi connectivity index (χ0v) is 18.9. The minimum atomic E-state index is 0.500. The van der Waals surface area contributed by atoms with Crippen LogP contribution < -0.4 is 0 Å². The highest BCUT2D eigenvalue weighted by molar-refractivity contribution is 6.25. The van der Waals surface area contributed by atoms with Crippen LogP contribution in [0.3, 0.4) is 0 Å². The molecule has 0 nitrogen and oxygen atoms in total. The Kier molecular flexibility index (Phi) is 6.88. The maximum Gasteiger partial charge on any atom is -0.00990 e. The summed E-state index contributed by atoms with van der Waals surface area (Å²) in [4.78, 5) is 0. The molecular weight excluding hydrogens is 336 g/mol. The molecule has 0 aliphatic carbocycles. The van der Waals surface area contributed by atoms with Crippen LogP contribution in [0, 0.1) is 10.8 Å². The summed E-state index contributed by atoms with van der Waals surface area (Å²) in [5.74, 6) is 0. The summed E-state index contributed by atoms with van der Waals surface area (Å²) in [6.07, 6.45) is 0. The first-order valence-corrected chi connectivity index (χ1v) is 10.2. The summed E-state index contributed by atoms with van der Waals surface area (Å²) in [6.45, 7) is 17.5. The van der Waals surface area contributed by atoms with Gasteiger partial charge >= 0.3 is 0 Å². The smallest absolute Gasteiger partial charge is 0.00990 e. The van der Waals surface area contributed by atoms with Gasteiger partial charge in [-0.25, -0.2) is 0 Å². The van der Waals surface area contributed by atoms with E-state index in [1.165, 1.54) is 32.3 Å². The minimum Gasteiger partial charge on any atom is -0.0616 e. The van der Waals surface area contributed by atoms with Gasteiger partial charge in [0.15, 0.2) is 0 Å². The number of rotatable bonds is 0. The summed E-state index contributed by atoms with van der Waals surface area (Å²) in [7, 11) is 0. The largest absolute Gasteiger partial charge is 0.0616 e. The highest BCUT2D eigenvalue weighted by atomic mass is 14.1. The van der Waals surface area contributed by atoms with Gasteiger partial charge in [0, 0.05) is 0 Å². The Labute approximate surface area is 171 Å². The number of hydrogen-bond acceptors (Lipinski definition) is 0. The molecule has 28 heavy (non-hydrogen) atoms. The molecule has 0 atom stereocenters. The fraction of sp³-hybridized carbons (Fsp3) is 0.357. The number of hydrogen-bond donors (Lipinski definition) is 0. The van der Waals surface area contributed by atoms with Gasteiger partial charge in [-0.2, -0.15) is 0 Å². The van der Waals surface area contributed by atoms with Crippen LogP contribution in [0.25, 0.3) is 32.3 Å². The van der Waals surface area contributed by atoms with Crippen LogP contribution in [0.4, 0.5) is 0 Å². The van der Waals surface area contributed by atoms with E-state index in [1.54, 1.807) is 0 Å². The van der Waals surface area contributed by atoms with E-state index in [2.05, 4.69) is 128 Å². The lowest BCUT2D eigenvalue weighted by atomic mass is 9.95. The van der Waals surface area contributed by atoms with E-state index in [1.807, 2.05) is 0 Å². The first kappa shape index (κ1) is 22.0. The van der Waals surface area contributed by atoms with Crippen molar-refractivity contribution in [1.82, 2.24) is 0 Å². The molecule has 0 fully saturated rings. The highest BCUT2D eigenvalue weighted by Crippen LogP contribution is 2.34. The summed E-state index contributed by atoms with van der Waals surface area (Å²) >= 11 is 0. The van der Waals surface area contributed by atoms with Crippen LogP contribution in [0.15, 0.2) is 72.8 Å². The Morgan fingerprint density at radius 3 is 0.536 bits per heavy atom. The molecule has 0 bridgehead atoms. The average molecular weight is 373 g/mol. The Morgan fingerprint density at radius 1 is 0.321 bits per heavy atom. The van der Waals surface area contributed by atoms with Crippen molar-refractivity contribution in [3.63, 3.8) is 0 Å². The van der Waals surface area contributed by atoms with Crippen LogP contribution >= 0.6 is 0 Å². The molecule has 0 spiro atoms. The maximum absolute atomic E-state index is 2.21. The Balaban J connectivity index is 0.000000237. The third kappa shape index (κ3) is 6.68. The molecule has 0 saturated heterocycles. The van der Waals surface area contributed by atoms with Gasteiger partial charge in [0.2, 0.25) is 0 Å². The van der Waals surface area contributed by atoms with Crippen molar-refractivity contribution >= 4 is 32.3 Å². The summed E-state index contributed by atoms with van der Waals surface area (Å²) < 4.78 is 0. The van der Waals surface area contributed by atoms with Crippen LogP contribution in [0.5, 0.6) is 0 Å². The van der Waals surface area contributed by atoms with Crippen molar-refractivity contribution in [2.75, 3.05) is 0 Å². The molecule has 4 aromatic carbocycles. The lowest BCUT2D eigenvalue weighted by molar-refractivity contribution is 0.469. The quantitative estimate of drug-likeness (QED) is 0.270. The molecule has 4 rings (SSSR count). The monoisotopic (exact) mass is 372 g/mol. The minimum absolute atomic E-state index is 0.500. The third-order valence-electron chi connectivity index (χ3n) is 3.65. The van der Waals surface area contributed by atoms with Crippen molar-refractivity contribution < 1.29 is 0 Å². The van der Waals surface area contributed by atoms with E-state index >= 15 is 0 Å². The highest BCUT2D eigenvalue weighted by Gasteiger charge is 2.06. The maximum atomic E-state index is 2.21. The summed E-state index contributed by atoms with van der Waals surface area (Å²) in [5.41, 5.74) is 1.00. The second-order valence-electron chi connectivity index (χ2n) is 10.6. The number of fused-ring (bicyclic) bond motifs is 6. The molecule has 0 N–H and O–H groups in total. The fourth-order valence-electron chi connectivity index (χ4n) is 2.86. The van der Waals surface area contributed by atoms with E-state index in [0.717, 1.165) is 0 Å². The lowest BCUT2D eigenvalue weighted by Gasteiger charge is -2.09. The van der Waals surface area contributed by atoms with Crippen molar-refractivity contribution in [3.05, 3.63) is 72.8 Å². The normalized spacial score (nSPS) is 11.6. The van der Waals surface area contributed by atoms with E-state index in [-0.39, 0.29) is 0 Å². The lowest BCUT2D eigenvalue weighted by Crippen LogP contribution is -1.93. The van der Waals surface area contributed by atoms with Crippen LogP contribution in [-0.4, -0.2) is 0 Å². The summed E-state index contributed by atoms with van der Waals surface area (Å²) in [6, 6.07) is 26.0. The van der Waals surface area contributed by atoms with Gasteiger partial charge in [-0.15, -0.1) is 0 Å². The van der Waals surface area contributed by atoms with Crippen molar-refractivity contribution in [1.29, 1.82) is 0 Å². The molecule has 0 heteroatoms. The van der Waals surface area contributed by atoms with Crippen molar-refractivity contribution in [2.24, 2.45) is 10.8 Å². The van der Waals surface area contributed by atoms with Crippen LogP contribution in [0.1, 0.15) is 55.4 Å². The molecule has 0 aliphatic heterocycles. The predicted molar refractivity (Wildman–Crippen MR) is 129 cm³/mol. The molecule has 0 unspecified atom stereocenters. The van der Waals surface area contributed by atoms with Crippen molar-refractivity contribution in [3.8, 4) is 0 Å². The van der Waals surface area contributed by atoms with Gasteiger partial charge in [-0.1, -0.05) is 128 Å². The SMILES string of the molecule is CC(C)(C)C.CC(C)(C)C.c1ccc2c(c1)c1ccccc1c1ccccc21. The van der Waals surface area contributed by atoms with Crippen LogP contribution in [-0.2, 0) is 0 Å². The van der Waals surface area contributed by atoms with Gasteiger partial charge in [0.1, 0.15) is 0 Å². The topological polar surface area (TPSA) is 0 Å². The van der Waals surface area contributed by atoms with Crippen LogP contribution in [0.2, 0.25) is 0 Å². The van der Waals surface area contributed by atoms with E-state index in [4.69, 9.17) is 0 Å². The fourth-order valence-corrected chi connectivity index (χ4v) is 2.86. The zero-order valence-electron chi connectivity index (χ0n) is 18.9. The first-order chi connectivity index (χ1) is 12.9. The molecule has 0 amide bonds. The molecule has 0 heterocycles. The summed E-state index contributed by atoms with van der Waals surface area (Å²) in [5, 5.41) is 8.04. The molecule has 0 radical (unpaired) electrons. The average Bonchev–Trinajstić information content (AvgIpc) is 2.59. The molecule has 0 aliphatic rings. The second-order valence-corrected chi connectivity index (χ2v) is 10.6. The molecular formula is C28H36. The van der Waals surface area contributed by atoms with E-state index < -0.39 is 0 Å². The third-order valence-corrected chi connectivity index (χ3v) is 3.65. The van der Waals surface area contributed by atoms with Gasteiger partial charge < -0.3 is 0 Å². The molecule has 0 saturated carbocycles. The van der Waals surface area contributed by atoms with Crippen molar-refractivity contribution in [2.45, 2.75) is 55.4 Å². The number of benzene rings is 4. The Hall–Kier alpha value is -2.34. The Bertz CT molecular complexity index is 795. The van der Waals surface area contributed by atoms with Gasteiger partial charge in [-0.05, 0) is 43.1 Å². The predicted octanol–water partition coefficient (Wildman–Crippen LogP) is 9.25. The van der Waals surface area contributed by atoms with Gasteiger partial charge in [0.25, 0.3) is 0 Å². The van der Waals surface area contributed by atoms with Gasteiger partial charge in [-0.3, -0.25) is 0 Å². The standard InChI is InChI=1S/C18H12.2C5H12/c1-2-8-14-13(7-1)15-9-3-4-11-17(15)18-12-6-5-10-16(14)18;2*1-5(2,3)4/h1-12H;2*1-4H3. The molecule has 148 valence electrons. The van der Waals surface area contributed by atoms with E-state index in [0.29, 0.717) is 10.8 Å². The second kappa shape index (κ2) is 8.78. The molecule has 0 aromatic heterocycles. The first-order valence-electron chi connectivity index (χ1n) is 10.2. The molecule has 4 aromatic rings. The van der Waals surface area contributed by atoms with Gasteiger partial charge in [0.05, 0.1) is 0 Å². The zero-order chi connectivity index (χ0) is 20.9.